The quantitative estimate of drug-likeness (QED) is 0.390. The topological polar surface area (TPSA) is 120 Å². The van der Waals surface area contributed by atoms with Crippen LogP contribution in [0.3, 0.4) is 0 Å². The molecule has 1 saturated carbocycles. The molecule has 9 nitrogen and oxygen atoms in total. The van der Waals surface area contributed by atoms with Gasteiger partial charge < -0.3 is 15.2 Å². The molecule has 0 radical (unpaired) electrons. The molecule has 1 aliphatic heterocycles. The van der Waals surface area contributed by atoms with Gasteiger partial charge in [-0.25, -0.2) is 4.98 Å². The van der Waals surface area contributed by atoms with Crippen molar-refractivity contribution >= 4 is 28.5 Å². The number of rotatable bonds is 5. The van der Waals surface area contributed by atoms with Crippen LogP contribution in [0.25, 0.3) is 22.3 Å². The van der Waals surface area contributed by atoms with Crippen LogP contribution in [0.4, 0.5) is 5.69 Å². The number of carbonyl (C=O) groups is 2. The van der Waals surface area contributed by atoms with E-state index in [1.165, 1.54) is 0 Å². The molecule has 1 aliphatic carbocycles. The monoisotopic (exact) mass is 483 g/mol. The van der Waals surface area contributed by atoms with Crippen molar-refractivity contribution in [1.82, 2.24) is 30.0 Å². The molecule has 0 atom stereocenters. The molecule has 0 unspecified atom stereocenters. The maximum absolute atomic E-state index is 12.6. The summed E-state index contributed by atoms with van der Waals surface area (Å²) in [5.41, 5.74) is 6.51. The zero-order valence-corrected chi connectivity index (χ0v) is 20.5. The zero-order valence-electron chi connectivity index (χ0n) is 20.5. The predicted octanol–water partition coefficient (Wildman–Crippen LogP) is 4.33. The van der Waals surface area contributed by atoms with E-state index in [0.29, 0.717) is 23.2 Å². The fourth-order valence-corrected chi connectivity index (χ4v) is 4.96. The number of carbonyl (C=O) groups excluding carboxylic acids is 2. The lowest BCUT2D eigenvalue weighted by molar-refractivity contribution is -0.133. The number of hydrogen-bond acceptors (Lipinski definition) is 5. The summed E-state index contributed by atoms with van der Waals surface area (Å²) < 4.78 is 0. The molecule has 0 aromatic carbocycles. The highest BCUT2D eigenvalue weighted by Crippen LogP contribution is 2.35. The first-order valence-electron chi connectivity index (χ1n) is 12.5. The van der Waals surface area contributed by atoms with Gasteiger partial charge in [-0.3, -0.25) is 19.7 Å². The molecule has 6 rings (SSSR count). The minimum Gasteiger partial charge on any atom is -0.342 e. The third-order valence-electron chi connectivity index (χ3n) is 7.44. The zero-order chi connectivity index (χ0) is 24.8. The Morgan fingerprint density at radius 3 is 2.58 bits per heavy atom. The summed E-state index contributed by atoms with van der Waals surface area (Å²) in [6, 6.07) is 8.08. The molecule has 4 aromatic rings. The number of hydrogen-bond donors (Lipinski definition) is 3. The van der Waals surface area contributed by atoms with Gasteiger partial charge in [-0.15, -0.1) is 0 Å². The van der Waals surface area contributed by atoms with Crippen molar-refractivity contribution in [1.29, 1.82) is 0 Å². The predicted molar refractivity (Wildman–Crippen MR) is 137 cm³/mol. The van der Waals surface area contributed by atoms with Gasteiger partial charge in [0.15, 0.2) is 5.69 Å². The third kappa shape index (κ3) is 4.25. The number of aromatic nitrogens is 5. The van der Waals surface area contributed by atoms with Crippen LogP contribution in [0.5, 0.6) is 0 Å². The minimum atomic E-state index is -0.266. The lowest BCUT2D eigenvalue weighted by atomic mass is 9.92. The fraction of sp³-hybridized carbons (Fsp3) is 0.370. The number of fused-ring (bicyclic) bond motifs is 1. The number of anilines is 1. The van der Waals surface area contributed by atoms with E-state index in [-0.39, 0.29) is 11.8 Å². The maximum atomic E-state index is 12.6. The number of nitrogens with one attached hydrogen (secondary N) is 3. The van der Waals surface area contributed by atoms with Crippen LogP contribution in [-0.4, -0.2) is 55.0 Å². The highest BCUT2D eigenvalue weighted by molar-refractivity contribution is 6.04. The van der Waals surface area contributed by atoms with Crippen molar-refractivity contribution in [2.24, 2.45) is 5.92 Å². The van der Waals surface area contributed by atoms with Gasteiger partial charge in [0, 0.05) is 64.7 Å². The fourth-order valence-electron chi connectivity index (χ4n) is 4.96. The molecule has 2 aliphatic rings. The summed E-state index contributed by atoms with van der Waals surface area (Å²) in [5, 5.41) is 10.7. The summed E-state index contributed by atoms with van der Waals surface area (Å²) in [5.74, 6) is 0.709. The highest BCUT2D eigenvalue weighted by atomic mass is 16.2. The lowest BCUT2D eigenvalue weighted by Crippen LogP contribution is -2.38. The van der Waals surface area contributed by atoms with Crippen LogP contribution >= 0.6 is 0 Å². The second-order valence-electron chi connectivity index (χ2n) is 9.96. The number of H-pyrrole nitrogens is 2. The third-order valence-corrected chi connectivity index (χ3v) is 7.44. The molecule has 184 valence electrons. The standard InChI is InChI=1S/C27H29N7O2/c1-15-16(2)32-33-24(15)26(35)30-21-11-20-13-23(31-25(20)29-14-21)19-5-8-28-22(12-19)17-6-9-34(10-7-17)27(36)18-3-4-18/h5,8,11-14,17-18H,3-4,6-7,9-10H2,1-2H3,(H,29,31)(H,30,35)(H,32,33). The number of nitrogens with zero attached hydrogens (tertiary/aromatic N) is 4. The van der Waals surface area contributed by atoms with Gasteiger partial charge in [-0.05, 0) is 63.8 Å². The van der Waals surface area contributed by atoms with Gasteiger partial charge >= 0.3 is 0 Å². The summed E-state index contributed by atoms with van der Waals surface area (Å²) in [4.78, 5) is 39.6. The molecule has 4 aromatic heterocycles. The van der Waals surface area contributed by atoms with E-state index in [4.69, 9.17) is 0 Å². The molecule has 0 spiro atoms. The Morgan fingerprint density at radius 2 is 1.86 bits per heavy atom. The molecule has 5 heterocycles. The van der Waals surface area contributed by atoms with E-state index >= 15 is 0 Å². The van der Waals surface area contributed by atoms with E-state index in [1.54, 1.807) is 6.20 Å². The summed E-state index contributed by atoms with van der Waals surface area (Å²) in [6.45, 7) is 5.38. The van der Waals surface area contributed by atoms with E-state index in [9.17, 15) is 9.59 Å². The van der Waals surface area contributed by atoms with Crippen molar-refractivity contribution in [2.75, 3.05) is 18.4 Å². The van der Waals surface area contributed by atoms with Gasteiger partial charge in [0.05, 0.1) is 11.9 Å². The molecule has 3 N–H and O–H groups in total. The van der Waals surface area contributed by atoms with E-state index in [0.717, 1.165) is 78.0 Å². The summed E-state index contributed by atoms with van der Waals surface area (Å²) in [7, 11) is 0. The van der Waals surface area contributed by atoms with Crippen molar-refractivity contribution in [3.8, 4) is 11.3 Å². The Balaban J connectivity index is 1.17. The second kappa shape index (κ2) is 8.89. The lowest BCUT2D eigenvalue weighted by Gasteiger charge is -2.32. The average molecular weight is 484 g/mol. The van der Waals surface area contributed by atoms with Gasteiger partial charge in [0.1, 0.15) is 5.65 Å². The molecule has 1 saturated heterocycles. The SMILES string of the molecule is Cc1[nH]nc(C(=O)Nc2cnc3[nH]c(-c4ccnc(C5CCN(C(=O)C6CC6)CC5)c4)cc3c2)c1C. The van der Waals surface area contributed by atoms with Crippen molar-refractivity contribution in [2.45, 2.75) is 45.4 Å². The van der Waals surface area contributed by atoms with E-state index in [1.807, 2.05) is 43.1 Å². The molecule has 2 amide bonds. The van der Waals surface area contributed by atoms with Crippen LogP contribution < -0.4 is 5.32 Å². The molecule has 9 heteroatoms. The smallest absolute Gasteiger partial charge is 0.276 e. The molecule has 36 heavy (non-hydrogen) atoms. The Morgan fingerprint density at radius 1 is 1.06 bits per heavy atom. The summed E-state index contributed by atoms with van der Waals surface area (Å²) >= 11 is 0. The number of amides is 2. The Bertz CT molecular complexity index is 1460. The van der Waals surface area contributed by atoms with Crippen LogP contribution in [0, 0.1) is 19.8 Å². The molecule has 2 fully saturated rings. The number of pyridine rings is 2. The van der Waals surface area contributed by atoms with Gasteiger partial charge in [0.25, 0.3) is 5.91 Å². The van der Waals surface area contributed by atoms with Crippen LogP contribution in [0.1, 0.15) is 59.0 Å². The largest absolute Gasteiger partial charge is 0.342 e. The average Bonchev–Trinajstić information content (AvgIpc) is 3.58. The molecular weight excluding hydrogens is 454 g/mol. The van der Waals surface area contributed by atoms with Crippen LogP contribution in [-0.2, 0) is 4.79 Å². The van der Waals surface area contributed by atoms with Crippen LogP contribution in [0.15, 0.2) is 36.7 Å². The van der Waals surface area contributed by atoms with Crippen molar-refractivity contribution in [3.63, 3.8) is 0 Å². The van der Waals surface area contributed by atoms with Crippen molar-refractivity contribution in [3.05, 3.63) is 59.3 Å². The number of piperidine rings is 1. The molecule has 0 bridgehead atoms. The Kier molecular flexibility index (Phi) is 5.55. The maximum Gasteiger partial charge on any atom is 0.276 e. The number of likely N-dealkylation sites (tertiary alicyclic amines) is 1. The number of aromatic amines is 2. The van der Waals surface area contributed by atoms with E-state index in [2.05, 4.69) is 36.5 Å². The highest BCUT2D eigenvalue weighted by Gasteiger charge is 2.35. The second-order valence-corrected chi connectivity index (χ2v) is 9.96. The first-order valence-corrected chi connectivity index (χ1v) is 12.5. The molecular formula is C27H29N7O2. The minimum absolute atomic E-state index is 0.266. The van der Waals surface area contributed by atoms with Crippen molar-refractivity contribution < 1.29 is 9.59 Å². The van der Waals surface area contributed by atoms with E-state index < -0.39 is 0 Å². The Labute approximate surface area is 208 Å². The normalized spacial score (nSPS) is 16.4. The van der Waals surface area contributed by atoms with Gasteiger partial charge in [-0.1, -0.05) is 0 Å². The Hall–Kier alpha value is -4.01. The van der Waals surface area contributed by atoms with Gasteiger partial charge in [0.2, 0.25) is 5.91 Å². The first-order chi connectivity index (χ1) is 17.5. The van der Waals surface area contributed by atoms with Crippen LogP contribution in [0.2, 0.25) is 0 Å². The number of aryl methyl sites for hydroxylation is 1. The van der Waals surface area contributed by atoms with Gasteiger partial charge in [-0.2, -0.15) is 5.10 Å². The first kappa shape index (κ1) is 22.5. The summed E-state index contributed by atoms with van der Waals surface area (Å²) in [6.07, 6.45) is 7.50.